The predicted molar refractivity (Wildman–Crippen MR) is 80.4 cm³/mol. The van der Waals surface area contributed by atoms with Gasteiger partial charge in [0.2, 0.25) is 6.23 Å². The molecule has 0 aromatic rings. The number of nitrogens with zero attached hydrogens (tertiary/aromatic N) is 1. The molecule has 0 radical (unpaired) electrons. The van der Waals surface area contributed by atoms with Crippen LogP contribution in [-0.4, -0.2) is 83.0 Å². The van der Waals surface area contributed by atoms with Crippen molar-refractivity contribution in [1.82, 2.24) is 4.90 Å². The first-order valence-electron chi connectivity index (χ1n) is 8.24. The molecular formula is C16H24N2O6. The first kappa shape index (κ1) is 17.5. The van der Waals surface area contributed by atoms with Crippen LogP contribution in [0.15, 0.2) is 23.9 Å². The zero-order valence-electron chi connectivity index (χ0n) is 13.5. The number of rotatable bonds is 3. The highest BCUT2D eigenvalue weighted by Gasteiger charge is 2.48. The van der Waals surface area contributed by atoms with E-state index in [1.165, 1.54) is 0 Å². The molecular weight excluding hydrogens is 316 g/mol. The third kappa shape index (κ3) is 3.13. The number of carbonyl (C=O) groups excluding carboxylic acids is 1. The summed E-state index contributed by atoms with van der Waals surface area (Å²) < 4.78 is 5.37. The first-order chi connectivity index (χ1) is 11.4. The van der Waals surface area contributed by atoms with Crippen molar-refractivity contribution in [2.45, 2.75) is 49.5 Å². The molecule has 3 aliphatic rings. The van der Waals surface area contributed by atoms with E-state index in [-0.39, 0.29) is 6.04 Å². The van der Waals surface area contributed by atoms with Crippen LogP contribution in [0.25, 0.3) is 0 Å². The van der Waals surface area contributed by atoms with Crippen LogP contribution < -0.4 is 10.0 Å². The Bertz CT molecular complexity index is 551. The van der Waals surface area contributed by atoms with Gasteiger partial charge < -0.3 is 30.0 Å². The third-order valence-electron chi connectivity index (χ3n) is 5.13. The Labute approximate surface area is 140 Å². The van der Waals surface area contributed by atoms with Gasteiger partial charge in [-0.3, -0.25) is 9.80 Å². The van der Waals surface area contributed by atoms with E-state index < -0.39 is 36.6 Å². The van der Waals surface area contributed by atoms with Crippen LogP contribution in [-0.2, 0) is 9.53 Å². The Kier molecular flexibility index (Phi) is 5.05. The normalized spacial score (nSPS) is 43.7. The maximum Gasteiger partial charge on any atom is 0.226 e. The van der Waals surface area contributed by atoms with E-state index >= 15 is 0 Å². The maximum absolute atomic E-state index is 11.1. The summed E-state index contributed by atoms with van der Waals surface area (Å²) in [6, 6.07) is 0.282. The van der Waals surface area contributed by atoms with Crippen LogP contribution in [0.2, 0.25) is 0 Å². The SMILES string of the molecule is CN1CCC[C@H]1C1=C[NH+]([C@H]2O[C@H](C(=O)[O-])[C@@H](O)[C@H](O)[C@H]2O)CC=C1. The average molecular weight is 340 g/mol. The van der Waals surface area contributed by atoms with Crippen LogP contribution in [0.5, 0.6) is 0 Å². The molecule has 8 nitrogen and oxygen atoms in total. The molecule has 4 N–H and O–H groups in total. The molecule has 8 heteroatoms. The maximum atomic E-state index is 11.1. The first-order valence-corrected chi connectivity index (χ1v) is 8.24. The van der Waals surface area contributed by atoms with Crippen molar-refractivity contribution in [1.29, 1.82) is 0 Å². The number of aliphatic hydroxyl groups excluding tert-OH is 3. The minimum atomic E-state index is -1.72. The molecule has 0 bridgehead atoms. The number of carboxylic acid groups (broad SMARTS) is 1. The molecule has 0 aromatic heterocycles. The van der Waals surface area contributed by atoms with E-state index in [1.807, 2.05) is 18.4 Å². The van der Waals surface area contributed by atoms with Crippen molar-refractivity contribution in [3.8, 4) is 0 Å². The van der Waals surface area contributed by atoms with E-state index in [4.69, 9.17) is 4.74 Å². The Morgan fingerprint density at radius 1 is 1.33 bits per heavy atom. The highest BCUT2D eigenvalue weighted by Crippen LogP contribution is 2.23. The topological polar surface area (TPSA) is 118 Å². The van der Waals surface area contributed by atoms with Crippen LogP contribution in [0.1, 0.15) is 12.8 Å². The Morgan fingerprint density at radius 2 is 2.08 bits per heavy atom. The number of carboxylic acids is 1. The van der Waals surface area contributed by atoms with E-state index in [9.17, 15) is 25.2 Å². The van der Waals surface area contributed by atoms with E-state index in [1.54, 1.807) is 0 Å². The lowest BCUT2D eigenvalue weighted by molar-refractivity contribution is -0.904. The second-order valence-electron chi connectivity index (χ2n) is 6.73. The molecule has 7 atom stereocenters. The minimum Gasteiger partial charge on any atom is -0.547 e. The van der Waals surface area contributed by atoms with Crippen LogP contribution in [0.3, 0.4) is 0 Å². The fourth-order valence-corrected chi connectivity index (χ4v) is 3.77. The Hall–Kier alpha value is -1.29. The number of quaternary nitrogens is 1. The average Bonchev–Trinajstić information content (AvgIpc) is 2.99. The molecule has 0 aliphatic carbocycles. The van der Waals surface area contributed by atoms with Crippen LogP contribution in [0, 0.1) is 0 Å². The number of carbonyl (C=O) groups is 1. The molecule has 0 aromatic carbocycles. The highest BCUT2D eigenvalue weighted by atomic mass is 16.6. The molecule has 134 valence electrons. The summed E-state index contributed by atoms with van der Waals surface area (Å²) in [4.78, 5) is 14.1. The summed E-state index contributed by atoms with van der Waals surface area (Å²) in [5.74, 6) is -1.61. The van der Waals surface area contributed by atoms with E-state index in [0.717, 1.165) is 25.0 Å². The molecule has 3 rings (SSSR count). The summed E-state index contributed by atoms with van der Waals surface area (Å²) in [6.45, 7) is 1.51. The van der Waals surface area contributed by atoms with Crippen LogP contribution in [0.4, 0.5) is 0 Å². The molecule has 24 heavy (non-hydrogen) atoms. The number of aliphatic carboxylic acids is 1. The van der Waals surface area contributed by atoms with Gasteiger partial charge in [0.1, 0.15) is 31.1 Å². The van der Waals surface area contributed by atoms with Crippen molar-refractivity contribution < 1.29 is 34.9 Å². The van der Waals surface area contributed by atoms with Crippen molar-refractivity contribution in [2.24, 2.45) is 0 Å². The van der Waals surface area contributed by atoms with Crippen molar-refractivity contribution in [3.05, 3.63) is 23.9 Å². The molecule has 2 saturated heterocycles. The lowest BCUT2D eigenvalue weighted by Crippen LogP contribution is -3.15. The molecule has 0 saturated carbocycles. The number of nitrogens with one attached hydrogen (secondary N) is 1. The van der Waals surface area contributed by atoms with Crippen molar-refractivity contribution >= 4 is 5.97 Å². The molecule has 0 amide bonds. The van der Waals surface area contributed by atoms with Gasteiger partial charge in [0, 0.05) is 11.6 Å². The van der Waals surface area contributed by atoms with Gasteiger partial charge in [0.05, 0.1) is 5.97 Å². The lowest BCUT2D eigenvalue weighted by Gasteiger charge is -2.42. The van der Waals surface area contributed by atoms with Gasteiger partial charge in [0.25, 0.3) is 0 Å². The molecule has 2 fully saturated rings. The number of aliphatic hydroxyl groups is 3. The number of hydrogen-bond donors (Lipinski definition) is 4. The minimum absolute atomic E-state index is 0.282. The number of hydrogen-bond acceptors (Lipinski definition) is 7. The fraction of sp³-hybridized carbons (Fsp3) is 0.688. The van der Waals surface area contributed by atoms with Crippen molar-refractivity contribution in [3.63, 3.8) is 0 Å². The van der Waals surface area contributed by atoms with E-state index in [0.29, 0.717) is 11.4 Å². The monoisotopic (exact) mass is 340 g/mol. The number of ether oxygens (including phenoxy) is 1. The lowest BCUT2D eigenvalue weighted by atomic mass is 9.96. The third-order valence-corrected chi connectivity index (χ3v) is 5.13. The van der Waals surface area contributed by atoms with Gasteiger partial charge in [-0.05, 0) is 32.5 Å². The van der Waals surface area contributed by atoms with Gasteiger partial charge in [-0.25, -0.2) is 0 Å². The number of likely N-dealkylation sites (tertiary alicyclic amines) is 1. The number of likely N-dealkylation sites (N-methyl/N-ethyl adjacent to an activating group) is 1. The molecule has 0 spiro atoms. The Balaban J connectivity index is 1.80. The van der Waals surface area contributed by atoms with Gasteiger partial charge in [-0.1, -0.05) is 6.08 Å². The van der Waals surface area contributed by atoms with E-state index in [2.05, 4.69) is 11.9 Å². The van der Waals surface area contributed by atoms with Gasteiger partial charge in [-0.2, -0.15) is 0 Å². The summed E-state index contributed by atoms with van der Waals surface area (Å²) in [5, 5.41) is 41.1. The summed E-state index contributed by atoms with van der Waals surface area (Å²) in [5.41, 5.74) is 1.08. The van der Waals surface area contributed by atoms with Crippen molar-refractivity contribution in [2.75, 3.05) is 20.1 Å². The molecule has 3 heterocycles. The standard InChI is InChI=1S/C16H24N2O6/c1-17-6-3-5-10(17)9-4-2-7-18(8-9)15-13(21)11(19)12(20)14(24-15)16(22)23/h2,4,8,10-15,19-21H,3,5-7H2,1H3,(H,22,23)/t10-,11-,12-,13+,14-,15-/m0/s1. The van der Waals surface area contributed by atoms with Gasteiger partial charge in [-0.15, -0.1) is 0 Å². The molecule has 1 unspecified atom stereocenters. The summed E-state index contributed by atoms with van der Waals surface area (Å²) in [6.07, 6.45) is 0.675. The van der Waals surface area contributed by atoms with Gasteiger partial charge >= 0.3 is 0 Å². The second-order valence-corrected chi connectivity index (χ2v) is 6.73. The Morgan fingerprint density at radius 3 is 2.71 bits per heavy atom. The zero-order valence-corrected chi connectivity index (χ0v) is 13.5. The predicted octanol–water partition coefficient (Wildman–Crippen LogP) is -4.02. The fourth-order valence-electron chi connectivity index (χ4n) is 3.77. The molecule has 3 aliphatic heterocycles. The zero-order chi connectivity index (χ0) is 17.4. The quantitative estimate of drug-likeness (QED) is 0.413. The highest BCUT2D eigenvalue weighted by molar-refractivity contribution is 5.71. The largest absolute Gasteiger partial charge is 0.547 e. The summed E-state index contributed by atoms with van der Waals surface area (Å²) >= 11 is 0. The van der Waals surface area contributed by atoms with Crippen LogP contribution >= 0.6 is 0 Å². The smallest absolute Gasteiger partial charge is 0.226 e. The second kappa shape index (κ2) is 6.91. The van der Waals surface area contributed by atoms with Gasteiger partial charge in [0.15, 0.2) is 6.10 Å². The summed E-state index contributed by atoms with van der Waals surface area (Å²) in [7, 11) is 2.05.